The number of carbonyl (C=O) groups excluding carboxylic acids is 2. The normalized spacial score (nSPS) is 20.4. The number of hydrogen-bond acceptors (Lipinski definition) is 4. The van der Waals surface area contributed by atoms with Gasteiger partial charge in [0.1, 0.15) is 0 Å². The van der Waals surface area contributed by atoms with E-state index in [1.54, 1.807) is 30.3 Å². The smallest absolute Gasteiger partial charge is 0.265 e. The van der Waals surface area contributed by atoms with E-state index in [0.717, 1.165) is 25.7 Å². The summed E-state index contributed by atoms with van der Waals surface area (Å²) in [7, 11) is 0. The van der Waals surface area contributed by atoms with Crippen molar-refractivity contribution >= 4 is 28.8 Å². The molecule has 3 rings (SSSR count). The van der Waals surface area contributed by atoms with Crippen LogP contribution in [0.1, 0.15) is 45.7 Å². The largest absolute Gasteiger partial charge is 0.349 e. The number of nitrogens with one attached hydrogen (secondary N) is 2. The van der Waals surface area contributed by atoms with Crippen molar-refractivity contribution in [2.75, 3.05) is 5.32 Å². The van der Waals surface area contributed by atoms with Gasteiger partial charge in [-0.2, -0.15) is 0 Å². The predicted molar refractivity (Wildman–Crippen MR) is 96.4 cm³/mol. The van der Waals surface area contributed by atoms with Gasteiger partial charge in [-0.15, -0.1) is 11.3 Å². The Morgan fingerprint density at radius 3 is 2.54 bits per heavy atom. The van der Waals surface area contributed by atoms with Gasteiger partial charge >= 0.3 is 0 Å². The molecule has 0 unspecified atom stereocenters. The molecule has 1 aromatic heterocycles. The molecule has 2 aromatic rings. The number of thiophene rings is 1. The fraction of sp³-hybridized carbons (Fsp3) is 0.333. The Bertz CT molecular complexity index is 707. The third-order valence-corrected chi connectivity index (χ3v) is 5.10. The highest BCUT2D eigenvalue weighted by atomic mass is 32.1. The van der Waals surface area contributed by atoms with Crippen molar-refractivity contribution in [3.8, 4) is 0 Å². The SMILES string of the molecule is NC1CCC(NC(=O)c2cccc(NC(=O)c3cccs3)c2)CC1. The highest BCUT2D eigenvalue weighted by Crippen LogP contribution is 2.19. The first-order valence-electron chi connectivity index (χ1n) is 8.13. The van der Waals surface area contributed by atoms with Crippen molar-refractivity contribution in [2.24, 2.45) is 5.73 Å². The summed E-state index contributed by atoms with van der Waals surface area (Å²) >= 11 is 1.38. The van der Waals surface area contributed by atoms with E-state index < -0.39 is 0 Å². The summed E-state index contributed by atoms with van der Waals surface area (Å²) in [5.41, 5.74) is 7.06. The van der Waals surface area contributed by atoms with Crippen LogP contribution in [0.4, 0.5) is 5.69 Å². The average molecular weight is 343 g/mol. The van der Waals surface area contributed by atoms with Crippen LogP contribution in [0.5, 0.6) is 0 Å². The molecule has 126 valence electrons. The number of hydrogen-bond donors (Lipinski definition) is 3. The Labute approximate surface area is 145 Å². The number of carbonyl (C=O) groups is 2. The van der Waals surface area contributed by atoms with Gasteiger partial charge < -0.3 is 16.4 Å². The molecule has 0 saturated heterocycles. The summed E-state index contributed by atoms with van der Waals surface area (Å²) < 4.78 is 0. The Morgan fingerprint density at radius 1 is 1.04 bits per heavy atom. The first-order valence-corrected chi connectivity index (χ1v) is 9.01. The lowest BCUT2D eigenvalue weighted by molar-refractivity contribution is 0.0925. The quantitative estimate of drug-likeness (QED) is 0.798. The Morgan fingerprint density at radius 2 is 1.83 bits per heavy atom. The molecule has 1 aliphatic carbocycles. The highest BCUT2D eigenvalue weighted by Gasteiger charge is 2.20. The summed E-state index contributed by atoms with van der Waals surface area (Å²) in [4.78, 5) is 25.1. The van der Waals surface area contributed by atoms with Crippen LogP contribution < -0.4 is 16.4 Å². The van der Waals surface area contributed by atoms with E-state index in [2.05, 4.69) is 10.6 Å². The van der Waals surface area contributed by atoms with Crippen LogP contribution in [-0.4, -0.2) is 23.9 Å². The van der Waals surface area contributed by atoms with Gasteiger partial charge in [-0.3, -0.25) is 9.59 Å². The van der Waals surface area contributed by atoms with Crippen molar-refractivity contribution in [3.63, 3.8) is 0 Å². The Kier molecular flexibility index (Phi) is 5.27. The first kappa shape index (κ1) is 16.7. The number of nitrogens with two attached hydrogens (primary N) is 1. The maximum absolute atomic E-state index is 12.4. The van der Waals surface area contributed by atoms with E-state index in [-0.39, 0.29) is 23.9 Å². The minimum Gasteiger partial charge on any atom is -0.349 e. The van der Waals surface area contributed by atoms with Crippen LogP contribution >= 0.6 is 11.3 Å². The maximum Gasteiger partial charge on any atom is 0.265 e. The van der Waals surface area contributed by atoms with Gasteiger partial charge in [0.15, 0.2) is 0 Å². The second-order valence-corrected chi connectivity index (χ2v) is 7.05. The Balaban J connectivity index is 1.62. The van der Waals surface area contributed by atoms with E-state index in [4.69, 9.17) is 5.73 Å². The molecule has 0 spiro atoms. The summed E-state index contributed by atoms with van der Waals surface area (Å²) in [6.07, 6.45) is 3.73. The molecule has 0 aliphatic heterocycles. The second kappa shape index (κ2) is 7.59. The van der Waals surface area contributed by atoms with E-state index in [1.165, 1.54) is 11.3 Å². The number of benzene rings is 1. The average Bonchev–Trinajstić information content (AvgIpc) is 3.12. The topological polar surface area (TPSA) is 84.2 Å². The molecule has 24 heavy (non-hydrogen) atoms. The van der Waals surface area contributed by atoms with Gasteiger partial charge in [0.25, 0.3) is 11.8 Å². The summed E-state index contributed by atoms with van der Waals surface area (Å²) in [6.45, 7) is 0. The first-order chi connectivity index (χ1) is 11.6. The van der Waals surface area contributed by atoms with Crippen molar-refractivity contribution in [2.45, 2.75) is 37.8 Å². The molecular weight excluding hydrogens is 322 g/mol. The van der Waals surface area contributed by atoms with E-state index in [9.17, 15) is 9.59 Å². The number of amides is 2. The zero-order chi connectivity index (χ0) is 16.9. The molecule has 5 nitrogen and oxygen atoms in total. The van der Waals surface area contributed by atoms with Gasteiger partial charge in [-0.1, -0.05) is 12.1 Å². The molecule has 4 N–H and O–H groups in total. The van der Waals surface area contributed by atoms with Crippen LogP contribution in [0.3, 0.4) is 0 Å². The predicted octanol–water partition coefficient (Wildman–Crippen LogP) is 3.00. The lowest BCUT2D eigenvalue weighted by atomic mass is 9.91. The molecule has 2 amide bonds. The maximum atomic E-state index is 12.4. The third kappa shape index (κ3) is 4.21. The highest BCUT2D eigenvalue weighted by molar-refractivity contribution is 7.12. The molecule has 6 heteroatoms. The summed E-state index contributed by atoms with van der Waals surface area (Å²) in [6, 6.07) is 11.1. The molecule has 0 radical (unpaired) electrons. The van der Waals surface area contributed by atoms with Gasteiger partial charge in [0, 0.05) is 23.3 Å². The molecule has 1 fully saturated rings. The molecule has 0 bridgehead atoms. The fourth-order valence-corrected chi connectivity index (χ4v) is 3.49. The van der Waals surface area contributed by atoms with Crippen molar-refractivity contribution in [1.82, 2.24) is 5.32 Å². The molecule has 0 atom stereocenters. The van der Waals surface area contributed by atoms with Crippen LogP contribution in [-0.2, 0) is 0 Å². The number of rotatable bonds is 4. The van der Waals surface area contributed by atoms with E-state index in [1.807, 2.05) is 11.4 Å². The summed E-state index contributed by atoms with van der Waals surface area (Å²) in [5, 5.41) is 7.74. The van der Waals surface area contributed by atoms with Gasteiger partial charge in [0.2, 0.25) is 0 Å². The summed E-state index contributed by atoms with van der Waals surface area (Å²) in [5.74, 6) is -0.272. The molecule has 1 aliphatic rings. The van der Waals surface area contributed by atoms with Gasteiger partial charge in [0.05, 0.1) is 4.88 Å². The molecule has 1 saturated carbocycles. The lowest BCUT2D eigenvalue weighted by Gasteiger charge is -2.26. The molecular formula is C18H21N3O2S. The second-order valence-electron chi connectivity index (χ2n) is 6.10. The van der Waals surface area contributed by atoms with Crippen LogP contribution in [0.2, 0.25) is 0 Å². The van der Waals surface area contributed by atoms with Crippen molar-refractivity contribution in [1.29, 1.82) is 0 Å². The van der Waals surface area contributed by atoms with Gasteiger partial charge in [-0.05, 0) is 55.3 Å². The van der Waals surface area contributed by atoms with E-state index >= 15 is 0 Å². The minimum absolute atomic E-state index is 0.109. The minimum atomic E-state index is -0.163. The van der Waals surface area contributed by atoms with Crippen molar-refractivity contribution < 1.29 is 9.59 Å². The fourth-order valence-electron chi connectivity index (χ4n) is 2.87. The standard InChI is InChI=1S/C18H21N3O2S/c19-13-6-8-14(9-7-13)20-17(22)12-3-1-4-15(11-12)21-18(23)16-5-2-10-24-16/h1-5,10-11,13-14H,6-9,19H2,(H,20,22)(H,21,23). The van der Waals surface area contributed by atoms with E-state index in [0.29, 0.717) is 16.1 Å². The Hall–Kier alpha value is -2.18. The molecule has 1 heterocycles. The van der Waals surface area contributed by atoms with Crippen LogP contribution in [0, 0.1) is 0 Å². The zero-order valence-corrected chi connectivity index (χ0v) is 14.1. The van der Waals surface area contributed by atoms with Crippen LogP contribution in [0.25, 0.3) is 0 Å². The zero-order valence-electron chi connectivity index (χ0n) is 13.3. The monoisotopic (exact) mass is 343 g/mol. The van der Waals surface area contributed by atoms with Gasteiger partial charge in [-0.25, -0.2) is 0 Å². The third-order valence-electron chi connectivity index (χ3n) is 4.23. The van der Waals surface area contributed by atoms with Crippen molar-refractivity contribution in [3.05, 3.63) is 52.2 Å². The lowest BCUT2D eigenvalue weighted by Crippen LogP contribution is -2.40. The molecule has 1 aromatic carbocycles. The van der Waals surface area contributed by atoms with Crippen LogP contribution in [0.15, 0.2) is 41.8 Å². The number of anilines is 1.